The van der Waals surface area contributed by atoms with Crippen LogP contribution in [0.25, 0.3) is 11.0 Å². The van der Waals surface area contributed by atoms with Crippen molar-refractivity contribution >= 4 is 16.9 Å². The Balaban J connectivity index is 2.39. The molecule has 2 rings (SSSR count). The molecule has 1 N–H and O–H groups in total. The van der Waals surface area contributed by atoms with Crippen molar-refractivity contribution < 1.29 is 14.3 Å². The van der Waals surface area contributed by atoms with Gasteiger partial charge in [-0.2, -0.15) is 0 Å². The third-order valence-corrected chi connectivity index (χ3v) is 2.49. The molecule has 1 aromatic carbocycles. The summed E-state index contributed by atoms with van der Waals surface area (Å²) < 4.78 is 5.37. The van der Waals surface area contributed by atoms with Crippen LogP contribution in [0, 0.1) is 6.92 Å². The lowest BCUT2D eigenvalue weighted by atomic mass is 10.0. The van der Waals surface area contributed by atoms with Gasteiger partial charge in [0.1, 0.15) is 5.58 Å². The summed E-state index contributed by atoms with van der Waals surface area (Å²) in [6.07, 6.45) is 2.32. The first-order valence-electron chi connectivity index (χ1n) is 4.86. The van der Waals surface area contributed by atoms with E-state index in [1.807, 2.05) is 25.1 Å². The zero-order valence-corrected chi connectivity index (χ0v) is 8.49. The Bertz CT molecular complexity index is 497. The topological polar surface area (TPSA) is 50.4 Å². The fraction of sp³-hybridized carbons (Fsp3) is 0.250. The third kappa shape index (κ3) is 1.86. The van der Waals surface area contributed by atoms with Gasteiger partial charge in [0.15, 0.2) is 0 Å². The SMILES string of the molecule is Cc1cccc2occ(CCC(=O)O)c12. The largest absolute Gasteiger partial charge is 0.481 e. The predicted octanol–water partition coefficient (Wildman–Crippen LogP) is 2.76. The highest BCUT2D eigenvalue weighted by atomic mass is 16.4. The van der Waals surface area contributed by atoms with Gasteiger partial charge < -0.3 is 9.52 Å². The van der Waals surface area contributed by atoms with Crippen molar-refractivity contribution in [3.63, 3.8) is 0 Å². The number of carboxylic acid groups (broad SMARTS) is 1. The summed E-state index contributed by atoms with van der Waals surface area (Å²) >= 11 is 0. The monoisotopic (exact) mass is 204 g/mol. The molecule has 0 amide bonds. The summed E-state index contributed by atoms with van der Waals surface area (Å²) in [6.45, 7) is 2.00. The minimum atomic E-state index is -0.780. The van der Waals surface area contributed by atoms with E-state index in [1.165, 1.54) is 0 Å². The number of hydrogen-bond donors (Lipinski definition) is 1. The van der Waals surface area contributed by atoms with Gasteiger partial charge in [0, 0.05) is 11.8 Å². The number of benzene rings is 1. The first-order chi connectivity index (χ1) is 7.18. The number of rotatable bonds is 3. The second-order valence-corrected chi connectivity index (χ2v) is 3.60. The second-order valence-electron chi connectivity index (χ2n) is 3.60. The molecule has 78 valence electrons. The lowest BCUT2D eigenvalue weighted by Gasteiger charge is -1.98. The number of carbonyl (C=O) groups is 1. The molecular weight excluding hydrogens is 192 g/mol. The average Bonchev–Trinajstić information content (AvgIpc) is 2.59. The normalized spacial score (nSPS) is 10.7. The number of hydrogen-bond acceptors (Lipinski definition) is 2. The van der Waals surface area contributed by atoms with Gasteiger partial charge >= 0.3 is 5.97 Å². The quantitative estimate of drug-likeness (QED) is 0.836. The molecule has 3 heteroatoms. The summed E-state index contributed by atoms with van der Waals surface area (Å²) in [4.78, 5) is 10.5. The van der Waals surface area contributed by atoms with Gasteiger partial charge in [-0.1, -0.05) is 12.1 Å². The van der Waals surface area contributed by atoms with E-state index in [1.54, 1.807) is 6.26 Å². The highest BCUT2D eigenvalue weighted by Gasteiger charge is 2.09. The molecule has 0 aliphatic carbocycles. The molecule has 0 saturated carbocycles. The van der Waals surface area contributed by atoms with E-state index in [-0.39, 0.29) is 6.42 Å². The highest BCUT2D eigenvalue weighted by Crippen LogP contribution is 2.25. The molecule has 3 nitrogen and oxygen atoms in total. The van der Waals surface area contributed by atoms with Crippen LogP contribution in [0.1, 0.15) is 17.5 Å². The number of fused-ring (bicyclic) bond motifs is 1. The molecule has 15 heavy (non-hydrogen) atoms. The summed E-state index contributed by atoms with van der Waals surface area (Å²) in [6, 6.07) is 5.83. The number of furan rings is 1. The van der Waals surface area contributed by atoms with Crippen LogP contribution in [-0.4, -0.2) is 11.1 Å². The second kappa shape index (κ2) is 3.77. The number of aryl methyl sites for hydroxylation is 2. The first-order valence-corrected chi connectivity index (χ1v) is 4.86. The summed E-state index contributed by atoms with van der Waals surface area (Å²) in [5, 5.41) is 9.68. The predicted molar refractivity (Wildman–Crippen MR) is 56.9 cm³/mol. The fourth-order valence-electron chi connectivity index (χ4n) is 1.77. The average molecular weight is 204 g/mol. The van der Waals surface area contributed by atoms with Crippen LogP contribution in [0.2, 0.25) is 0 Å². The maximum absolute atomic E-state index is 10.5. The molecule has 0 aliphatic heterocycles. The van der Waals surface area contributed by atoms with Crippen molar-refractivity contribution in [1.29, 1.82) is 0 Å². The zero-order chi connectivity index (χ0) is 10.8. The Labute approximate surface area is 87.3 Å². The number of aliphatic carboxylic acids is 1. The summed E-state index contributed by atoms with van der Waals surface area (Å²) in [5.41, 5.74) is 2.93. The van der Waals surface area contributed by atoms with Crippen LogP contribution in [0.5, 0.6) is 0 Å². The molecule has 2 aromatic rings. The van der Waals surface area contributed by atoms with Crippen LogP contribution in [-0.2, 0) is 11.2 Å². The Morgan fingerprint density at radius 3 is 3.00 bits per heavy atom. The Morgan fingerprint density at radius 2 is 2.27 bits per heavy atom. The van der Waals surface area contributed by atoms with Crippen LogP contribution in [0.15, 0.2) is 28.9 Å². The first kappa shape index (κ1) is 9.77. The Kier molecular flexibility index (Phi) is 2.46. The standard InChI is InChI=1S/C12H12O3/c1-8-3-2-4-10-12(8)9(7-15-10)5-6-11(13)14/h2-4,7H,5-6H2,1H3,(H,13,14). The third-order valence-electron chi connectivity index (χ3n) is 2.49. The molecule has 0 saturated heterocycles. The minimum absolute atomic E-state index is 0.142. The molecule has 0 unspecified atom stereocenters. The van der Waals surface area contributed by atoms with Gasteiger partial charge in [-0.15, -0.1) is 0 Å². The van der Waals surface area contributed by atoms with Gasteiger partial charge in [0.2, 0.25) is 0 Å². The lowest BCUT2D eigenvalue weighted by Crippen LogP contribution is -1.96. The van der Waals surface area contributed by atoms with Gasteiger partial charge in [0.05, 0.1) is 6.26 Å². The minimum Gasteiger partial charge on any atom is -0.481 e. The molecule has 0 aliphatic rings. The van der Waals surface area contributed by atoms with E-state index in [2.05, 4.69) is 0 Å². The van der Waals surface area contributed by atoms with Crippen LogP contribution >= 0.6 is 0 Å². The van der Waals surface area contributed by atoms with Crippen molar-refractivity contribution in [1.82, 2.24) is 0 Å². The maximum atomic E-state index is 10.5. The molecule has 0 radical (unpaired) electrons. The summed E-state index contributed by atoms with van der Waals surface area (Å²) in [7, 11) is 0. The van der Waals surface area contributed by atoms with Gasteiger partial charge in [-0.05, 0) is 30.5 Å². The maximum Gasteiger partial charge on any atom is 0.303 e. The van der Waals surface area contributed by atoms with Gasteiger partial charge in [-0.3, -0.25) is 4.79 Å². The molecule has 0 bridgehead atoms. The molecule has 0 fully saturated rings. The fourth-order valence-corrected chi connectivity index (χ4v) is 1.77. The van der Waals surface area contributed by atoms with E-state index >= 15 is 0 Å². The van der Waals surface area contributed by atoms with Gasteiger partial charge in [-0.25, -0.2) is 0 Å². The smallest absolute Gasteiger partial charge is 0.303 e. The van der Waals surface area contributed by atoms with Crippen molar-refractivity contribution in [3.05, 3.63) is 35.6 Å². The van der Waals surface area contributed by atoms with Crippen molar-refractivity contribution in [3.8, 4) is 0 Å². The zero-order valence-electron chi connectivity index (χ0n) is 8.49. The molecule has 0 atom stereocenters. The van der Waals surface area contributed by atoms with Crippen LogP contribution in [0.3, 0.4) is 0 Å². The van der Waals surface area contributed by atoms with E-state index in [9.17, 15) is 4.79 Å². The van der Waals surface area contributed by atoms with Crippen molar-refractivity contribution in [2.24, 2.45) is 0 Å². The molecule has 1 heterocycles. The van der Waals surface area contributed by atoms with Crippen LogP contribution in [0.4, 0.5) is 0 Å². The Hall–Kier alpha value is -1.77. The van der Waals surface area contributed by atoms with E-state index < -0.39 is 5.97 Å². The Morgan fingerprint density at radius 1 is 1.47 bits per heavy atom. The van der Waals surface area contributed by atoms with Crippen molar-refractivity contribution in [2.75, 3.05) is 0 Å². The van der Waals surface area contributed by atoms with Gasteiger partial charge in [0.25, 0.3) is 0 Å². The highest BCUT2D eigenvalue weighted by molar-refractivity contribution is 5.84. The van der Waals surface area contributed by atoms with Crippen LogP contribution < -0.4 is 0 Å². The van der Waals surface area contributed by atoms with E-state index in [0.29, 0.717) is 6.42 Å². The lowest BCUT2D eigenvalue weighted by molar-refractivity contribution is -0.136. The molecular formula is C12H12O3. The number of carboxylic acids is 1. The van der Waals surface area contributed by atoms with Crippen molar-refractivity contribution in [2.45, 2.75) is 19.8 Å². The molecule has 1 aromatic heterocycles. The van der Waals surface area contributed by atoms with E-state index in [0.717, 1.165) is 22.1 Å². The summed E-state index contributed by atoms with van der Waals surface area (Å²) in [5.74, 6) is -0.780. The molecule has 0 spiro atoms. The van der Waals surface area contributed by atoms with E-state index in [4.69, 9.17) is 9.52 Å².